The molecule has 0 saturated heterocycles. The maximum absolute atomic E-state index is 12.6. The molecule has 2 unspecified atom stereocenters. The Balaban J connectivity index is 2.00. The smallest absolute Gasteiger partial charge is 0.226 e. The van der Waals surface area contributed by atoms with Crippen LogP contribution in [-0.2, 0) is 4.79 Å². The van der Waals surface area contributed by atoms with E-state index >= 15 is 0 Å². The van der Waals surface area contributed by atoms with E-state index in [1.54, 1.807) is 0 Å². The number of nitrogens with zero attached hydrogens (tertiary/aromatic N) is 1. The Kier molecular flexibility index (Phi) is 4.43. The Morgan fingerprint density at radius 2 is 1.88 bits per heavy atom. The van der Waals surface area contributed by atoms with Crippen LogP contribution in [0.4, 0.5) is 0 Å². The minimum atomic E-state index is 0.223. The second-order valence-electron chi connectivity index (χ2n) is 5.60. The lowest BCUT2D eigenvalue weighted by Crippen LogP contribution is -2.44. The lowest BCUT2D eigenvalue weighted by Gasteiger charge is -2.32. The molecular weight excluding hydrogens is 212 g/mol. The lowest BCUT2D eigenvalue weighted by molar-refractivity contribution is -0.138. The van der Waals surface area contributed by atoms with Crippen LogP contribution in [0.2, 0.25) is 0 Å². The molecule has 0 aromatic heterocycles. The van der Waals surface area contributed by atoms with Gasteiger partial charge in [0.25, 0.3) is 0 Å². The van der Waals surface area contributed by atoms with E-state index in [2.05, 4.69) is 11.8 Å². The predicted molar refractivity (Wildman–Crippen MR) is 69.5 cm³/mol. The maximum Gasteiger partial charge on any atom is 0.226 e. The van der Waals surface area contributed by atoms with Crippen LogP contribution in [0.3, 0.4) is 0 Å². The number of amides is 1. The summed E-state index contributed by atoms with van der Waals surface area (Å²) in [6.07, 6.45) is 8.39. The summed E-state index contributed by atoms with van der Waals surface area (Å²) in [6, 6.07) is 0.520. The zero-order valence-corrected chi connectivity index (χ0v) is 11.0. The average molecular weight is 238 g/mol. The van der Waals surface area contributed by atoms with Crippen LogP contribution < -0.4 is 5.73 Å². The molecule has 2 aliphatic carbocycles. The third-order valence-corrected chi connectivity index (χ3v) is 4.67. The van der Waals surface area contributed by atoms with Gasteiger partial charge < -0.3 is 10.6 Å². The molecule has 3 nitrogen and oxygen atoms in total. The summed E-state index contributed by atoms with van der Waals surface area (Å²) in [4.78, 5) is 14.7. The molecule has 0 heterocycles. The van der Waals surface area contributed by atoms with Gasteiger partial charge in [0.15, 0.2) is 0 Å². The van der Waals surface area contributed by atoms with E-state index < -0.39 is 0 Å². The lowest BCUT2D eigenvalue weighted by atomic mass is 9.94. The van der Waals surface area contributed by atoms with Crippen molar-refractivity contribution in [3.8, 4) is 0 Å². The molecule has 1 amide bonds. The van der Waals surface area contributed by atoms with Gasteiger partial charge in [0.2, 0.25) is 5.91 Å². The molecular formula is C14H26N2O. The van der Waals surface area contributed by atoms with E-state index in [1.165, 1.54) is 32.1 Å². The van der Waals surface area contributed by atoms with Crippen LogP contribution in [0.25, 0.3) is 0 Å². The summed E-state index contributed by atoms with van der Waals surface area (Å²) >= 11 is 0. The van der Waals surface area contributed by atoms with Gasteiger partial charge in [-0.3, -0.25) is 4.79 Å². The van der Waals surface area contributed by atoms with Crippen molar-refractivity contribution in [2.24, 2.45) is 17.6 Å². The molecule has 0 aliphatic heterocycles. The van der Waals surface area contributed by atoms with Crippen LogP contribution in [0.15, 0.2) is 0 Å². The summed E-state index contributed by atoms with van der Waals surface area (Å²) in [5, 5.41) is 0. The first-order valence-electron chi connectivity index (χ1n) is 7.28. The number of carbonyl (C=O) groups is 1. The number of hydrogen-bond acceptors (Lipinski definition) is 2. The van der Waals surface area contributed by atoms with Crippen molar-refractivity contribution in [1.82, 2.24) is 4.90 Å². The molecule has 2 saturated carbocycles. The van der Waals surface area contributed by atoms with Crippen LogP contribution in [0, 0.1) is 11.8 Å². The first kappa shape index (κ1) is 12.9. The SMILES string of the molecule is CCN(C(=O)C1CCCC1CN)C1CCCC1. The van der Waals surface area contributed by atoms with E-state index in [-0.39, 0.29) is 5.92 Å². The van der Waals surface area contributed by atoms with Crippen molar-refractivity contribution in [3.63, 3.8) is 0 Å². The zero-order valence-electron chi connectivity index (χ0n) is 11.0. The molecule has 17 heavy (non-hydrogen) atoms. The first-order chi connectivity index (χ1) is 8.27. The van der Waals surface area contributed by atoms with Gasteiger partial charge in [-0.1, -0.05) is 19.3 Å². The van der Waals surface area contributed by atoms with Crippen molar-refractivity contribution in [1.29, 1.82) is 0 Å². The molecule has 2 rings (SSSR count). The molecule has 2 N–H and O–H groups in total. The highest BCUT2D eigenvalue weighted by molar-refractivity contribution is 5.79. The van der Waals surface area contributed by atoms with Gasteiger partial charge in [-0.05, 0) is 45.1 Å². The van der Waals surface area contributed by atoms with Crippen LogP contribution >= 0.6 is 0 Å². The van der Waals surface area contributed by atoms with Crippen LogP contribution in [0.5, 0.6) is 0 Å². The van der Waals surface area contributed by atoms with E-state index in [9.17, 15) is 4.79 Å². The molecule has 3 heteroatoms. The van der Waals surface area contributed by atoms with E-state index in [4.69, 9.17) is 5.73 Å². The minimum absolute atomic E-state index is 0.223. The standard InChI is InChI=1S/C14H26N2O/c1-2-16(12-7-3-4-8-12)14(17)13-9-5-6-11(13)10-15/h11-13H,2-10,15H2,1H3. The van der Waals surface area contributed by atoms with E-state index in [0.29, 0.717) is 24.4 Å². The second-order valence-corrected chi connectivity index (χ2v) is 5.60. The number of hydrogen-bond donors (Lipinski definition) is 1. The monoisotopic (exact) mass is 238 g/mol. The van der Waals surface area contributed by atoms with Gasteiger partial charge in [-0.15, -0.1) is 0 Å². The van der Waals surface area contributed by atoms with Gasteiger partial charge in [0.1, 0.15) is 0 Å². The maximum atomic E-state index is 12.6. The summed E-state index contributed by atoms with van der Waals surface area (Å²) in [5.41, 5.74) is 5.79. The van der Waals surface area contributed by atoms with Crippen LogP contribution in [0.1, 0.15) is 51.9 Å². The fourth-order valence-corrected chi connectivity index (χ4v) is 3.67. The Morgan fingerprint density at radius 3 is 2.47 bits per heavy atom. The van der Waals surface area contributed by atoms with Gasteiger partial charge in [0.05, 0.1) is 0 Å². The highest BCUT2D eigenvalue weighted by Gasteiger charge is 2.36. The molecule has 0 aromatic carbocycles. The largest absolute Gasteiger partial charge is 0.340 e. The molecule has 0 bridgehead atoms. The number of rotatable bonds is 4. The Hall–Kier alpha value is -0.570. The molecule has 2 atom stereocenters. The van der Waals surface area contributed by atoms with Gasteiger partial charge >= 0.3 is 0 Å². The summed E-state index contributed by atoms with van der Waals surface area (Å²) < 4.78 is 0. The van der Waals surface area contributed by atoms with Crippen molar-refractivity contribution >= 4 is 5.91 Å². The van der Waals surface area contributed by atoms with Gasteiger partial charge in [-0.25, -0.2) is 0 Å². The second kappa shape index (κ2) is 5.85. The minimum Gasteiger partial charge on any atom is -0.340 e. The number of nitrogens with two attached hydrogens (primary N) is 1. The topological polar surface area (TPSA) is 46.3 Å². The molecule has 98 valence electrons. The Bertz CT molecular complexity index is 261. The Morgan fingerprint density at radius 1 is 1.18 bits per heavy atom. The van der Waals surface area contributed by atoms with E-state index in [1.807, 2.05) is 0 Å². The molecule has 0 spiro atoms. The van der Waals surface area contributed by atoms with Crippen molar-refractivity contribution in [2.45, 2.75) is 57.9 Å². The van der Waals surface area contributed by atoms with Crippen molar-refractivity contribution in [2.75, 3.05) is 13.1 Å². The zero-order chi connectivity index (χ0) is 12.3. The molecule has 2 aliphatic rings. The van der Waals surface area contributed by atoms with Crippen molar-refractivity contribution < 1.29 is 4.79 Å². The predicted octanol–water partition coefficient (Wildman–Crippen LogP) is 2.15. The quantitative estimate of drug-likeness (QED) is 0.815. The average Bonchev–Trinajstić information content (AvgIpc) is 3.00. The molecule has 0 aromatic rings. The van der Waals surface area contributed by atoms with Gasteiger partial charge in [0, 0.05) is 18.5 Å². The molecule has 0 radical (unpaired) electrons. The fraction of sp³-hybridized carbons (Fsp3) is 0.929. The number of carbonyl (C=O) groups excluding carboxylic acids is 1. The highest BCUT2D eigenvalue weighted by Crippen LogP contribution is 2.34. The fourth-order valence-electron chi connectivity index (χ4n) is 3.67. The van der Waals surface area contributed by atoms with Crippen molar-refractivity contribution in [3.05, 3.63) is 0 Å². The summed E-state index contributed by atoms with van der Waals surface area (Å²) in [7, 11) is 0. The summed E-state index contributed by atoms with van der Waals surface area (Å²) in [5.74, 6) is 1.06. The first-order valence-corrected chi connectivity index (χ1v) is 7.28. The Labute approximate surface area is 105 Å². The highest BCUT2D eigenvalue weighted by atomic mass is 16.2. The summed E-state index contributed by atoms with van der Waals surface area (Å²) in [6.45, 7) is 3.67. The van der Waals surface area contributed by atoms with Crippen LogP contribution in [-0.4, -0.2) is 29.9 Å². The van der Waals surface area contributed by atoms with E-state index in [0.717, 1.165) is 19.4 Å². The van der Waals surface area contributed by atoms with Gasteiger partial charge in [-0.2, -0.15) is 0 Å². The normalized spacial score (nSPS) is 29.8. The molecule has 2 fully saturated rings. The third kappa shape index (κ3) is 2.65. The third-order valence-electron chi connectivity index (χ3n) is 4.67.